The second-order valence-electron chi connectivity index (χ2n) is 4.74. The van der Waals surface area contributed by atoms with Crippen LogP contribution in [0.1, 0.15) is 33.6 Å². The molecule has 0 aliphatic carbocycles. The third-order valence-corrected chi connectivity index (χ3v) is 3.06. The molecular weight excluding hydrogens is 192 g/mol. The lowest BCUT2D eigenvalue weighted by Crippen LogP contribution is -2.42. The summed E-state index contributed by atoms with van der Waals surface area (Å²) in [5.41, 5.74) is 0. The zero-order valence-corrected chi connectivity index (χ0v) is 10.1. The van der Waals surface area contributed by atoms with Crippen LogP contribution < -0.4 is 0 Å². The minimum Gasteiger partial charge on any atom is -0.393 e. The first-order valence-electron chi connectivity index (χ1n) is 5.64. The molecule has 15 heavy (non-hydrogen) atoms. The molecule has 0 spiro atoms. The Kier molecular flexibility index (Phi) is 4.11. The molecule has 2 unspecified atom stereocenters. The second-order valence-corrected chi connectivity index (χ2v) is 4.74. The fourth-order valence-electron chi connectivity index (χ4n) is 2.03. The molecule has 1 saturated heterocycles. The summed E-state index contributed by atoms with van der Waals surface area (Å²) in [4.78, 5) is 11.7. The number of rotatable bonds is 4. The topological polar surface area (TPSA) is 43.8 Å². The van der Waals surface area contributed by atoms with Crippen molar-refractivity contribution in [3.05, 3.63) is 0 Å². The van der Waals surface area contributed by atoms with Crippen LogP contribution in [0.5, 0.6) is 0 Å². The zero-order chi connectivity index (χ0) is 11.6. The van der Waals surface area contributed by atoms with Gasteiger partial charge in [0.2, 0.25) is 5.91 Å². The Labute approximate surface area is 91.8 Å². The highest BCUT2D eigenvalue weighted by molar-refractivity contribution is 5.78. The Hall–Kier alpha value is -0.610. The van der Waals surface area contributed by atoms with E-state index in [2.05, 4.69) is 13.8 Å². The van der Waals surface area contributed by atoms with E-state index in [1.807, 2.05) is 12.1 Å². The van der Waals surface area contributed by atoms with Crippen LogP contribution in [0.2, 0.25) is 0 Å². The van der Waals surface area contributed by atoms with Crippen molar-refractivity contribution in [1.82, 2.24) is 10.0 Å². The average Bonchev–Trinajstić information content (AvgIpc) is 2.39. The minimum absolute atomic E-state index is 0.178. The summed E-state index contributed by atoms with van der Waals surface area (Å²) in [6.45, 7) is 6.63. The van der Waals surface area contributed by atoms with Crippen LogP contribution in [0, 0.1) is 5.92 Å². The molecule has 0 aromatic heterocycles. The number of aliphatic hydroxyl groups excluding tert-OH is 1. The molecule has 88 valence electrons. The van der Waals surface area contributed by atoms with Crippen molar-refractivity contribution in [2.45, 2.75) is 45.8 Å². The lowest BCUT2D eigenvalue weighted by atomic mass is 10.0. The highest BCUT2D eigenvalue weighted by Gasteiger charge is 2.36. The summed E-state index contributed by atoms with van der Waals surface area (Å²) in [5, 5.41) is 13.0. The molecule has 0 aromatic rings. The molecule has 4 nitrogen and oxygen atoms in total. The number of hydrogen-bond acceptors (Lipinski definition) is 3. The van der Waals surface area contributed by atoms with Gasteiger partial charge in [0.15, 0.2) is 0 Å². The SMILES string of the molecule is CC(O)CCN1C(=O)CC(C(C)C)N1C. The van der Waals surface area contributed by atoms with Gasteiger partial charge in [-0.3, -0.25) is 9.80 Å². The van der Waals surface area contributed by atoms with Gasteiger partial charge in [-0.15, -0.1) is 0 Å². The molecule has 0 saturated carbocycles. The molecule has 2 atom stereocenters. The molecule has 1 aliphatic heterocycles. The summed E-state index contributed by atoms with van der Waals surface area (Å²) in [6, 6.07) is 0.312. The van der Waals surface area contributed by atoms with Gasteiger partial charge >= 0.3 is 0 Å². The molecule has 0 radical (unpaired) electrons. The number of carbonyl (C=O) groups is 1. The van der Waals surface area contributed by atoms with Crippen molar-refractivity contribution in [3.63, 3.8) is 0 Å². The van der Waals surface area contributed by atoms with Crippen LogP contribution in [0.3, 0.4) is 0 Å². The normalized spacial score (nSPS) is 25.3. The van der Waals surface area contributed by atoms with Gasteiger partial charge in [-0.25, -0.2) is 5.01 Å². The molecule has 1 amide bonds. The van der Waals surface area contributed by atoms with E-state index in [1.165, 1.54) is 0 Å². The first-order chi connectivity index (χ1) is 6.93. The number of aliphatic hydroxyl groups is 1. The van der Waals surface area contributed by atoms with E-state index in [1.54, 1.807) is 11.9 Å². The van der Waals surface area contributed by atoms with Crippen LogP contribution in [-0.2, 0) is 4.79 Å². The van der Waals surface area contributed by atoms with Gasteiger partial charge in [0, 0.05) is 26.1 Å². The number of amides is 1. The smallest absolute Gasteiger partial charge is 0.238 e. The Morgan fingerprint density at radius 3 is 2.47 bits per heavy atom. The van der Waals surface area contributed by atoms with Crippen molar-refractivity contribution in [2.75, 3.05) is 13.6 Å². The molecule has 0 bridgehead atoms. The van der Waals surface area contributed by atoms with Gasteiger partial charge in [0.25, 0.3) is 0 Å². The van der Waals surface area contributed by atoms with Crippen molar-refractivity contribution in [3.8, 4) is 0 Å². The van der Waals surface area contributed by atoms with Crippen molar-refractivity contribution in [2.24, 2.45) is 5.92 Å². The third-order valence-electron chi connectivity index (χ3n) is 3.06. The first-order valence-corrected chi connectivity index (χ1v) is 5.64. The Bertz CT molecular complexity index is 229. The fourth-order valence-corrected chi connectivity index (χ4v) is 2.03. The van der Waals surface area contributed by atoms with Crippen molar-refractivity contribution < 1.29 is 9.90 Å². The molecule has 1 fully saturated rings. The van der Waals surface area contributed by atoms with Crippen molar-refractivity contribution >= 4 is 5.91 Å². The molecule has 1 aliphatic rings. The van der Waals surface area contributed by atoms with Crippen LogP contribution in [0.15, 0.2) is 0 Å². The summed E-state index contributed by atoms with van der Waals surface area (Å²) >= 11 is 0. The Balaban J connectivity index is 2.55. The molecule has 1 rings (SSSR count). The van der Waals surface area contributed by atoms with Gasteiger partial charge in [-0.1, -0.05) is 13.8 Å². The summed E-state index contributed by atoms with van der Waals surface area (Å²) in [5.74, 6) is 0.660. The van der Waals surface area contributed by atoms with E-state index in [0.717, 1.165) is 0 Å². The Morgan fingerprint density at radius 1 is 1.47 bits per heavy atom. The molecule has 4 heteroatoms. The quantitative estimate of drug-likeness (QED) is 0.755. The van der Waals surface area contributed by atoms with Crippen LogP contribution in [-0.4, -0.2) is 46.8 Å². The lowest BCUT2D eigenvalue weighted by molar-refractivity contribution is -0.137. The summed E-state index contributed by atoms with van der Waals surface area (Å²) < 4.78 is 0. The van der Waals surface area contributed by atoms with E-state index in [4.69, 9.17) is 0 Å². The van der Waals surface area contributed by atoms with Gasteiger partial charge in [-0.2, -0.15) is 0 Å². The monoisotopic (exact) mass is 214 g/mol. The Morgan fingerprint density at radius 2 is 2.07 bits per heavy atom. The van der Waals surface area contributed by atoms with E-state index < -0.39 is 0 Å². The highest BCUT2D eigenvalue weighted by Crippen LogP contribution is 2.23. The maximum Gasteiger partial charge on any atom is 0.238 e. The van der Waals surface area contributed by atoms with Crippen LogP contribution in [0.25, 0.3) is 0 Å². The van der Waals surface area contributed by atoms with Crippen LogP contribution >= 0.6 is 0 Å². The lowest BCUT2D eigenvalue weighted by Gasteiger charge is -2.30. The number of nitrogens with zero attached hydrogens (tertiary/aromatic N) is 2. The van der Waals surface area contributed by atoms with E-state index in [-0.39, 0.29) is 12.0 Å². The fraction of sp³-hybridized carbons (Fsp3) is 0.909. The largest absolute Gasteiger partial charge is 0.393 e. The summed E-state index contributed by atoms with van der Waals surface area (Å²) in [7, 11) is 1.96. The predicted octanol–water partition coefficient (Wildman–Crippen LogP) is 0.861. The maximum atomic E-state index is 11.7. The number of hydrazine groups is 1. The van der Waals surface area contributed by atoms with Gasteiger partial charge in [0.1, 0.15) is 0 Å². The average molecular weight is 214 g/mol. The second kappa shape index (κ2) is 4.94. The predicted molar refractivity (Wildman–Crippen MR) is 59.0 cm³/mol. The highest BCUT2D eigenvalue weighted by atomic mass is 16.3. The number of carbonyl (C=O) groups excluding carboxylic acids is 1. The molecule has 0 aromatic carbocycles. The minimum atomic E-state index is -0.343. The van der Waals surface area contributed by atoms with E-state index >= 15 is 0 Å². The van der Waals surface area contributed by atoms with E-state index in [0.29, 0.717) is 31.3 Å². The maximum absolute atomic E-state index is 11.7. The first kappa shape index (κ1) is 12.5. The van der Waals surface area contributed by atoms with Gasteiger partial charge in [0.05, 0.1) is 6.10 Å². The van der Waals surface area contributed by atoms with Gasteiger partial charge < -0.3 is 5.11 Å². The molecule has 1 N–H and O–H groups in total. The van der Waals surface area contributed by atoms with Crippen molar-refractivity contribution in [1.29, 1.82) is 0 Å². The van der Waals surface area contributed by atoms with Gasteiger partial charge in [-0.05, 0) is 19.3 Å². The molecular formula is C11H22N2O2. The third kappa shape index (κ3) is 2.92. The standard InChI is InChI=1S/C11H22N2O2/c1-8(2)10-7-11(15)13(12(10)4)6-5-9(3)14/h8-10,14H,5-7H2,1-4H3. The van der Waals surface area contributed by atoms with Crippen LogP contribution in [0.4, 0.5) is 0 Å². The number of hydrogen-bond donors (Lipinski definition) is 1. The summed E-state index contributed by atoms with van der Waals surface area (Å²) in [6.07, 6.45) is 0.902. The molecule has 1 heterocycles. The van der Waals surface area contributed by atoms with E-state index in [9.17, 15) is 9.90 Å². The zero-order valence-electron chi connectivity index (χ0n) is 10.1.